The highest BCUT2D eigenvalue weighted by molar-refractivity contribution is 5.83. The molecule has 1 amide bonds. The number of nitrogens with zero attached hydrogens (tertiary/aromatic N) is 1. The zero-order chi connectivity index (χ0) is 12.1. The Morgan fingerprint density at radius 2 is 2.27 bits per heavy atom. The Kier molecular flexibility index (Phi) is 5.31. The van der Waals surface area contributed by atoms with Crippen LogP contribution in [0.2, 0.25) is 0 Å². The average Bonchev–Trinajstić information content (AvgIpc) is 2.23. The summed E-state index contributed by atoms with van der Waals surface area (Å²) in [7, 11) is 1.16. The van der Waals surface area contributed by atoms with Gasteiger partial charge in [-0.3, -0.25) is 4.79 Å². The second-order valence-corrected chi connectivity index (χ2v) is 3.52. The first kappa shape index (κ1) is 13.9. The molecule has 0 saturated heterocycles. The van der Waals surface area contributed by atoms with Crippen LogP contribution < -0.4 is 0 Å². The molecule has 0 heterocycles. The summed E-state index contributed by atoms with van der Waals surface area (Å²) in [6, 6.07) is -0.0984. The summed E-state index contributed by atoms with van der Waals surface area (Å²) in [6.07, 6.45) is 5.85. The molecule has 0 spiro atoms. The number of hydrogen-bond acceptors (Lipinski definition) is 2. The summed E-state index contributed by atoms with van der Waals surface area (Å²) in [5.41, 5.74) is 0. The van der Waals surface area contributed by atoms with Gasteiger partial charge in [-0.2, -0.15) is 0 Å². The van der Waals surface area contributed by atoms with Gasteiger partial charge in [-0.1, -0.05) is 12.8 Å². The van der Waals surface area contributed by atoms with Crippen LogP contribution in [0.5, 0.6) is 0 Å². The van der Waals surface area contributed by atoms with Gasteiger partial charge in [0.15, 0.2) is 0 Å². The number of ether oxygens (including phenoxy) is 1. The van der Waals surface area contributed by atoms with E-state index in [2.05, 4.69) is 10.7 Å². The van der Waals surface area contributed by atoms with Crippen LogP contribution in [-0.2, 0) is 9.53 Å². The fourth-order valence-electron chi connectivity index (χ4n) is 1.09. The lowest BCUT2D eigenvalue weighted by molar-refractivity contribution is -0.176. The van der Waals surface area contributed by atoms with Gasteiger partial charge in [-0.05, 0) is 13.3 Å². The van der Waals surface area contributed by atoms with Crippen LogP contribution >= 0.6 is 0 Å². The van der Waals surface area contributed by atoms with Crippen LogP contribution in [0.15, 0.2) is 0 Å². The van der Waals surface area contributed by atoms with E-state index in [1.54, 1.807) is 0 Å². The van der Waals surface area contributed by atoms with E-state index in [4.69, 9.17) is 6.42 Å². The Bertz CT molecular complexity index is 258. The molecule has 4 heteroatoms. The molecule has 0 N–H and O–H groups in total. The van der Waals surface area contributed by atoms with Crippen LogP contribution in [0.1, 0.15) is 27.2 Å². The van der Waals surface area contributed by atoms with Crippen LogP contribution in [0.3, 0.4) is 0 Å². The molecule has 0 aliphatic heterocycles. The van der Waals surface area contributed by atoms with Gasteiger partial charge in [0, 0.05) is 20.1 Å². The van der Waals surface area contributed by atoms with E-state index in [0.29, 0.717) is 6.42 Å². The standard InChI is InChI=1S/C11H18FNO2/c1-6-8-13(9(3)7-2)10(14)11(4,12)15-5/h1,9H,7-8H2,2-5H3. The van der Waals surface area contributed by atoms with Crippen LogP contribution in [-0.4, -0.2) is 36.4 Å². The molecule has 86 valence electrons. The fourth-order valence-corrected chi connectivity index (χ4v) is 1.09. The topological polar surface area (TPSA) is 29.5 Å². The number of terminal acetylenes is 1. The zero-order valence-electron chi connectivity index (χ0n) is 9.71. The Morgan fingerprint density at radius 3 is 2.60 bits per heavy atom. The third kappa shape index (κ3) is 3.52. The monoisotopic (exact) mass is 215 g/mol. The first-order chi connectivity index (χ1) is 6.90. The minimum atomic E-state index is -2.31. The molecule has 15 heavy (non-hydrogen) atoms. The lowest BCUT2D eigenvalue weighted by atomic mass is 10.2. The molecule has 0 aliphatic carbocycles. The third-order valence-electron chi connectivity index (χ3n) is 2.41. The average molecular weight is 215 g/mol. The molecule has 0 fully saturated rings. The quantitative estimate of drug-likeness (QED) is 0.652. The number of rotatable bonds is 5. The Morgan fingerprint density at radius 1 is 1.73 bits per heavy atom. The van der Waals surface area contributed by atoms with Crippen LogP contribution in [0, 0.1) is 12.3 Å². The fraction of sp³-hybridized carbons (Fsp3) is 0.727. The predicted molar refractivity (Wildman–Crippen MR) is 56.8 cm³/mol. The van der Waals surface area contributed by atoms with Crippen molar-refractivity contribution in [1.82, 2.24) is 4.90 Å². The van der Waals surface area contributed by atoms with Crippen molar-refractivity contribution in [2.75, 3.05) is 13.7 Å². The van der Waals surface area contributed by atoms with Gasteiger partial charge in [-0.25, -0.2) is 4.39 Å². The number of carbonyl (C=O) groups is 1. The normalized spacial score (nSPS) is 16.3. The molecule has 0 saturated carbocycles. The highest BCUT2D eigenvalue weighted by atomic mass is 19.2. The number of halogens is 1. The SMILES string of the molecule is C#CCN(C(=O)C(C)(F)OC)C(C)CC. The van der Waals surface area contributed by atoms with E-state index in [-0.39, 0.29) is 12.6 Å². The van der Waals surface area contributed by atoms with Crippen molar-refractivity contribution < 1.29 is 13.9 Å². The second-order valence-electron chi connectivity index (χ2n) is 3.52. The smallest absolute Gasteiger partial charge is 0.288 e. The minimum absolute atomic E-state index is 0.0940. The lowest BCUT2D eigenvalue weighted by Crippen LogP contribution is -2.49. The molecule has 0 radical (unpaired) electrons. The van der Waals surface area contributed by atoms with E-state index in [0.717, 1.165) is 14.0 Å². The summed E-state index contributed by atoms with van der Waals surface area (Å²) in [4.78, 5) is 13.0. The molecule has 0 rings (SSSR count). The van der Waals surface area contributed by atoms with E-state index in [9.17, 15) is 9.18 Å². The zero-order valence-corrected chi connectivity index (χ0v) is 9.71. The van der Waals surface area contributed by atoms with E-state index in [1.807, 2.05) is 13.8 Å². The van der Waals surface area contributed by atoms with Gasteiger partial charge in [0.05, 0.1) is 6.54 Å². The highest BCUT2D eigenvalue weighted by Crippen LogP contribution is 2.17. The molecule has 0 aromatic rings. The first-order valence-corrected chi connectivity index (χ1v) is 4.89. The van der Waals surface area contributed by atoms with Gasteiger partial charge in [0.2, 0.25) is 0 Å². The van der Waals surface area contributed by atoms with Gasteiger partial charge in [0.1, 0.15) is 0 Å². The Hall–Kier alpha value is -1.08. The van der Waals surface area contributed by atoms with E-state index < -0.39 is 11.8 Å². The molecular formula is C11H18FNO2. The summed E-state index contributed by atoms with van der Waals surface area (Å²) in [6.45, 7) is 4.91. The van der Waals surface area contributed by atoms with Crippen molar-refractivity contribution in [3.8, 4) is 12.3 Å². The number of methoxy groups -OCH3 is 1. The number of hydrogen-bond donors (Lipinski definition) is 0. The second kappa shape index (κ2) is 5.72. The number of amides is 1. The molecule has 3 nitrogen and oxygen atoms in total. The van der Waals surface area contributed by atoms with E-state index >= 15 is 0 Å². The van der Waals surface area contributed by atoms with E-state index in [1.165, 1.54) is 4.90 Å². The third-order valence-corrected chi connectivity index (χ3v) is 2.41. The van der Waals surface area contributed by atoms with Gasteiger partial charge in [0.25, 0.3) is 11.8 Å². The van der Waals surface area contributed by atoms with Gasteiger partial charge >= 0.3 is 0 Å². The maximum atomic E-state index is 13.6. The lowest BCUT2D eigenvalue weighted by Gasteiger charge is -2.31. The first-order valence-electron chi connectivity index (χ1n) is 4.89. The maximum absolute atomic E-state index is 13.6. The molecule has 0 aromatic heterocycles. The molecule has 2 atom stereocenters. The van der Waals surface area contributed by atoms with Crippen molar-refractivity contribution in [3.63, 3.8) is 0 Å². The summed E-state index contributed by atoms with van der Waals surface area (Å²) >= 11 is 0. The summed E-state index contributed by atoms with van der Waals surface area (Å²) < 4.78 is 18.1. The van der Waals surface area contributed by atoms with Crippen molar-refractivity contribution in [2.45, 2.75) is 39.1 Å². The Balaban J connectivity index is 4.79. The van der Waals surface area contributed by atoms with Crippen molar-refractivity contribution in [2.24, 2.45) is 0 Å². The summed E-state index contributed by atoms with van der Waals surface area (Å²) in [5, 5.41) is 0. The predicted octanol–water partition coefficient (Wildman–Crippen LogP) is 1.58. The molecular weight excluding hydrogens is 197 g/mol. The minimum Gasteiger partial charge on any atom is -0.342 e. The van der Waals surface area contributed by atoms with Gasteiger partial charge < -0.3 is 9.64 Å². The van der Waals surface area contributed by atoms with Crippen molar-refractivity contribution in [3.05, 3.63) is 0 Å². The van der Waals surface area contributed by atoms with Gasteiger partial charge in [-0.15, -0.1) is 6.42 Å². The molecule has 0 aromatic carbocycles. The maximum Gasteiger partial charge on any atom is 0.288 e. The number of alkyl halides is 1. The summed E-state index contributed by atoms with van der Waals surface area (Å²) in [5.74, 6) is -0.687. The molecule has 2 unspecified atom stereocenters. The largest absolute Gasteiger partial charge is 0.342 e. The van der Waals surface area contributed by atoms with Crippen molar-refractivity contribution >= 4 is 5.91 Å². The van der Waals surface area contributed by atoms with Crippen molar-refractivity contribution in [1.29, 1.82) is 0 Å². The molecule has 0 aliphatic rings. The highest BCUT2D eigenvalue weighted by Gasteiger charge is 2.37. The number of carbonyl (C=O) groups excluding carboxylic acids is 1. The van der Waals surface area contributed by atoms with Crippen LogP contribution in [0.4, 0.5) is 4.39 Å². The van der Waals surface area contributed by atoms with Crippen LogP contribution in [0.25, 0.3) is 0 Å². The molecule has 0 bridgehead atoms. The Labute approximate surface area is 90.6 Å².